The Labute approximate surface area is 107 Å². The largest absolute Gasteiger partial charge is 0.367 e. The predicted molar refractivity (Wildman–Crippen MR) is 72.7 cm³/mol. The Hall–Kier alpha value is -1.62. The van der Waals surface area contributed by atoms with Gasteiger partial charge in [-0.05, 0) is 26.0 Å². The van der Waals surface area contributed by atoms with Crippen LogP contribution in [-0.4, -0.2) is 45.6 Å². The number of rotatable bonds is 5. The van der Waals surface area contributed by atoms with Crippen molar-refractivity contribution in [1.82, 2.24) is 19.4 Å². The van der Waals surface area contributed by atoms with E-state index >= 15 is 0 Å². The molecule has 1 saturated carbocycles. The summed E-state index contributed by atoms with van der Waals surface area (Å²) in [5, 5.41) is 3.39. The first-order valence-corrected chi connectivity index (χ1v) is 6.46. The van der Waals surface area contributed by atoms with Crippen molar-refractivity contribution in [3.05, 3.63) is 18.6 Å². The summed E-state index contributed by atoms with van der Waals surface area (Å²) in [6, 6.07) is 2.80. The van der Waals surface area contributed by atoms with Crippen molar-refractivity contribution in [2.75, 3.05) is 25.5 Å². The lowest BCUT2D eigenvalue weighted by Crippen LogP contribution is -2.27. The summed E-state index contributed by atoms with van der Waals surface area (Å²) in [5.74, 6) is 0.886. The molecule has 96 valence electrons. The summed E-state index contributed by atoms with van der Waals surface area (Å²) in [4.78, 5) is 11.2. The van der Waals surface area contributed by atoms with Gasteiger partial charge in [0.15, 0.2) is 5.82 Å². The van der Waals surface area contributed by atoms with Crippen LogP contribution in [0.25, 0.3) is 11.0 Å². The molecular weight excluding hydrogens is 226 g/mol. The van der Waals surface area contributed by atoms with Crippen molar-refractivity contribution >= 4 is 16.9 Å². The number of pyridine rings is 1. The molecule has 2 aromatic heterocycles. The lowest BCUT2D eigenvalue weighted by Gasteiger charge is -2.16. The van der Waals surface area contributed by atoms with Crippen LogP contribution in [0.1, 0.15) is 12.8 Å². The van der Waals surface area contributed by atoms with Gasteiger partial charge in [-0.2, -0.15) is 0 Å². The van der Waals surface area contributed by atoms with Crippen molar-refractivity contribution in [2.24, 2.45) is 7.05 Å². The summed E-state index contributed by atoms with van der Waals surface area (Å²) in [6.45, 7) is 1.96. The lowest BCUT2D eigenvalue weighted by molar-refractivity contribution is 0.337. The zero-order valence-corrected chi connectivity index (χ0v) is 10.9. The Kier molecular flexibility index (Phi) is 2.91. The first-order valence-electron chi connectivity index (χ1n) is 6.46. The smallest absolute Gasteiger partial charge is 0.154 e. The number of hydrogen-bond donors (Lipinski definition) is 1. The number of nitrogens with zero attached hydrogens (tertiary/aromatic N) is 4. The monoisotopic (exact) mass is 245 g/mol. The van der Waals surface area contributed by atoms with Gasteiger partial charge < -0.3 is 14.8 Å². The fraction of sp³-hybridized carbons (Fsp3) is 0.538. The average molecular weight is 245 g/mol. The molecule has 0 aliphatic heterocycles. The number of likely N-dealkylation sites (N-methyl/N-ethyl adjacent to an activating group) is 1. The zero-order valence-electron chi connectivity index (χ0n) is 10.9. The molecule has 1 fully saturated rings. The maximum atomic E-state index is 4.39. The Morgan fingerprint density at radius 2 is 2.28 bits per heavy atom. The second-order valence-electron chi connectivity index (χ2n) is 5.02. The van der Waals surface area contributed by atoms with Crippen molar-refractivity contribution in [2.45, 2.75) is 18.9 Å². The van der Waals surface area contributed by atoms with Crippen LogP contribution in [0, 0.1) is 0 Å². The van der Waals surface area contributed by atoms with Crippen molar-refractivity contribution < 1.29 is 0 Å². The van der Waals surface area contributed by atoms with E-state index in [1.807, 2.05) is 30.2 Å². The predicted octanol–water partition coefficient (Wildman–Crippen LogP) is 1.47. The van der Waals surface area contributed by atoms with Gasteiger partial charge in [0, 0.05) is 32.4 Å². The SMILES string of the molecule is CN(CCNc1nccc2c1ncn2C)C1CC1. The van der Waals surface area contributed by atoms with Gasteiger partial charge in [0.05, 0.1) is 11.8 Å². The second-order valence-corrected chi connectivity index (χ2v) is 5.02. The molecule has 2 aromatic rings. The Bertz CT molecular complexity index is 543. The highest BCUT2D eigenvalue weighted by molar-refractivity contribution is 5.85. The van der Waals surface area contributed by atoms with Crippen LogP contribution in [0.15, 0.2) is 18.6 Å². The molecular formula is C13H19N5. The molecule has 0 unspecified atom stereocenters. The van der Waals surface area contributed by atoms with Crippen LogP contribution < -0.4 is 5.32 Å². The molecule has 1 aliphatic rings. The van der Waals surface area contributed by atoms with Crippen LogP contribution >= 0.6 is 0 Å². The van der Waals surface area contributed by atoms with Gasteiger partial charge >= 0.3 is 0 Å². The van der Waals surface area contributed by atoms with Gasteiger partial charge in [0.25, 0.3) is 0 Å². The third-order valence-electron chi connectivity index (χ3n) is 3.57. The maximum Gasteiger partial charge on any atom is 0.154 e. The number of imidazole rings is 1. The molecule has 1 N–H and O–H groups in total. The molecule has 3 rings (SSSR count). The molecule has 0 atom stereocenters. The third-order valence-corrected chi connectivity index (χ3v) is 3.57. The molecule has 0 amide bonds. The van der Waals surface area contributed by atoms with Crippen LogP contribution in [0.5, 0.6) is 0 Å². The molecule has 18 heavy (non-hydrogen) atoms. The molecule has 1 aliphatic carbocycles. The van der Waals surface area contributed by atoms with Crippen LogP contribution in [-0.2, 0) is 7.05 Å². The Balaban J connectivity index is 1.66. The highest BCUT2D eigenvalue weighted by atomic mass is 15.2. The fourth-order valence-corrected chi connectivity index (χ4v) is 2.24. The minimum atomic E-state index is 0.811. The lowest BCUT2D eigenvalue weighted by atomic mass is 10.3. The zero-order chi connectivity index (χ0) is 12.5. The fourth-order valence-electron chi connectivity index (χ4n) is 2.24. The number of fused-ring (bicyclic) bond motifs is 1. The molecule has 0 spiro atoms. The Morgan fingerprint density at radius 1 is 1.44 bits per heavy atom. The van der Waals surface area contributed by atoms with Gasteiger partial charge in [-0.25, -0.2) is 9.97 Å². The maximum absolute atomic E-state index is 4.39. The molecule has 0 bridgehead atoms. The van der Waals surface area contributed by atoms with E-state index in [2.05, 4.69) is 27.2 Å². The molecule has 0 aromatic carbocycles. The summed E-state index contributed by atoms with van der Waals surface area (Å²) >= 11 is 0. The van der Waals surface area contributed by atoms with E-state index in [9.17, 15) is 0 Å². The Morgan fingerprint density at radius 3 is 3.06 bits per heavy atom. The van der Waals surface area contributed by atoms with Crippen LogP contribution in [0.2, 0.25) is 0 Å². The van der Waals surface area contributed by atoms with Gasteiger partial charge in [-0.1, -0.05) is 0 Å². The van der Waals surface area contributed by atoms with Gasteiger partial charge in [0.2, 0.25) is 0 Å². The summed E-state index contributed by atoms with van der Waals surface area (Å²) in [6.07, 6.45) is 6.36. The first-order chi connectivity index (χ1) is 8.75. The number of hydrogen-bond acceptors (Lipinski definition) is 4. The molecule has 2 heterocycles. The summed E-state index contributed by atoms with van der Waals surface area (Å²) in [5.41, 5.74) is 2.07. The molecule has 5 heteroatoms. The third kappa shape index (κ3) is 2.18. The van der Waals surface area contributed by atoms with Gasteiger partial charge in [0.1, 0.15) is 5.52 Å². The summed E-state index contributed by atoms with van der Waals surface area (Å²) in [7, 11) is 4.19. The highest BCUT2D eigenvalue weighted by Gasteiger charge is 2.25. The van der Waals surface area contributed by atoms with Gasteiger partial charge in [-0.15, -0.1) is 0 Å². The quantitative estimate of drug-likeness (QED) is 0.866. The van der Waals surface area contributed by atoms with Crippen molar-refractivity contribution in [3.63, 3.8) is 0 Å². The number of aromatic nitrogens is 3. The van der Waals surface area contributed by atoms with Crippen molar-refractivity contribution in [1.29, 1.82) is 0 Å². The first kappa shape index (κ1) is 11.5. The van der Waals surface area contributed by atoms with E-state index in [4.69, 9.17) is 0 Å². The standard InChI is InChI=1S/C13H19N5/c1-17(10-3-4-10)8-7-15-13-12-11(5-6-14-13)18(2)9-16-12/h5-6,9-10H,3-4,7-8H2,1-2H3,(H,14,15). The van der Waals surface area contributed by atoms with Crippen molar-refractivity contribution in [3.8, 4) is 0 Å². The normalized spacial score (nSPS) is 15.5. The van der Waals surface area contributed by atoms with E-state index in [1.54, 1.807) is 0 Å². The topological polar surface area (TPSA) is 46.0 Å². The van der Waals surface area contributed by atoms with E-state index in [1.165, 1.54) is 12.8 Å². The average Bonchev–Trinajstić information content (AvgIpc) is 3.15. The van der Waals surface area contributed by atoms with Crippen LogP contribution in [0.3, 0.4) is 0 Å². The second kappa shape index (κ2) is 4.57. The minimum absolute atomic E-state index is 0.811. The number of nitrogens with one attached hydrogen (secondary N) is 1. The van der Waals surface area contributed by atoms with E-state index in [-0.39, 0.29) is 0 Å². The molecule has 0 radical (unpaired) electrons. The summed E-state index contributed by atoms with van der Waals surface area (Å²) < 4.78 is 2.01. The van der Waals surface area contributed by atoms with Gasteiger partial charge in [-0.3, -0.25) is 0 Å². The van der Waals surface area contributed by atoms with E-state index < -0.39 is 0 Å². The van der Waals surface area contributed by atoms with Crippen LogP contribution in [0.4, 0.5) is 5.82 Å². The number of anilines is 1. The van der Waals surface area contributed by atoms with E-state index in [0.717, 1.165) is 36.0 Å². The number of aryl methyl sites for hydroxylation is 1. The molecule has 0 saturated heterocycles. The van der Waals surface area contributed by atoms with E-state index in [0.29, 0.717) is 0 Å². The minimum Gasteiger partial charge on any atom is -0.367 e. The highest BCUT2D eigenvalue weighted by Crippen LogP contribution is 2.25. The molecule has 5 nitrogen and oxygen atoms in total.